The van der Waals surface area contributed by atoms with E-state index in [9.17, 15) is 18.0 Å². The molecule has 3 aliphatic heterocycles. The molecule has 0 bridgehead atoms. The molecule has 1 N–H and O–H groups in total. The van der Waals surface area contributed by atoms with Crippen LogP contribution in [0.15, 0.2) is 88.1 Å². The quantitative estimate of drug-likeness (QED) is 0.118. The smallest absolute Gasteiger partial charge is 0.408 e. The van der Waals surface area contributed by atoms with Crippen LogP contribution in [0.1, 0.15) is 109 Å². The number of anilines is 1. The van der Waals surface area contributed by atoms with Crippen molar-refractivity contribution in [1.82, 2.24) is 28.7 Å². The van der Waals surface area contributed by atoms with Gasteiger partial charge in [0, 0.05) is 85.0 Å². The molecule has 4 aromatic heterocycles. The Balaban J connectivity index is 1.10. The molecular formula is C54H69N7O7S2. The molecule has 6 aromatic rings. The Labute approximate surface area is 416 Å². The first-order valence-corrected chi connectivity index (χ1v) is 27.3. The van der Waals surface area contributed by atoms with Crippen LogP contribution in [0.25, 0.3) is 32.9 Å². The minimum absolute atomic E-state index is 0.0838. The first kappa shape index (κ1) is 49.8. The highest BCUT2D eigenvalue weighted by atomic mass is 32.2. The van der Waals surface area contributed by atoms with Gasteiger partial charge < -0.3 is 33.9 Å². The Morgan fingerprint density at radius 1 is 0.971 bits per heavy atom. The second kappa shape index (κ2) is 19.8. The summed E-state index contributed by atoms with van der Waals surface area (Å²) < 4.78 is 49.5. The van der Waals surface area contributed by atoms with Crippen LogP contribution in [0.5, 0.6) is 0 Å². The van der Waals surface area contributed by atoms with Gasteiger partial charge in [-0.25, -0.2) is 27.2 Å². The van der Waals surface area contributed by atoms with E-state index in [0.717, 1.165) is 114 Å². The van der Waals surface area contributed by atoms with E-state index in [0.29, 0.717) is 36.2 Å². The van der Waals surface area contributed by atoms with Gasteiger partial charge in [-0.1, -0.05) is 43.7 Å². The molecular weight excluding hydrogens is 923 g/mol. The summed E-state index contributed by atoms with van der Waals surface area (Å²) in [6.45, 7) is 18.6. The van der Waals surface area contributed by atoms with Crippen molar-refractivity contribution in [2.24, 2.45) is 13.0 Å². The van der Waals surface area contributed by atoms with Crippen molar-refractivity contribution in [3.8, 4) is 11.1 Å². The summed E-state index contributed by atoms with van der Waals surface area (Å²) in [5.41, 5.74) is 2.23. The van der Waals surface area contributed by atoms with Crippen molar-refractivity contribution in [3.05, 3.63) is 105 Å². The minimum Gasteiger partial charge on any atom is -0.444 e. The molecule has 9 rings (SSSR count). The number of piperidine rings is 2. The van der Waals surface area contributed by atoms with Crippen molar-refractivity contribution in [3.63, 3.8) is 0 Å². The summed E-state index contributed by atoms with van der Waals surface area (Å²) in [5, 5.41) is 6.67. The second-order valence-electron chi connectivity index (χ2n) is 21.5. The Morgan fingerprint density at radius 2 is 1.71 bits per heavy atom. The van der Waals surface area contributed by atoms with Crippen LogP contribution in [0.2, 0.25) is 0 Å². The summed E-state index contributed by atoms with van der Waals surface area (Å²) in [6, 6.07) is 19.3. The molecule has 374 valence electrons. The first-order chi connectivity index (χ1) is 33.3. The van der Waals surface area contributed by atoms with Gasteiger partial charge in [-0.15, -0.1) is 11.3 Å². The molecule has 0 saturated carbocycles. The van der Waals surface area contributed by atoms with Crippen molar-refractivity contribution >= 4 is 55.2 Å². The fourth-order valence-corrected chi connectivity index (χ4v) is 13.0. The lowest BCUT2D eigenvalue weighted by Gasteiger charge is -2.45. The summed E-state index contributed by atoms with van der Waals surface area (Å²) in [4.78, 5) is 43.9. The van der Waals surface area contributed by atoms with Gasteiger partial charge >= 0.3 is 6.09 Å². The number of carbonyl (C=O) groups is 1. The molecule has 0 aliphatic carbocycles. The summed E-state index contributed by atoms with van der Waals surface area (Å²) in [5.74, 6) is 0.942. The molecule has 70 heavy (non-hydrogen) atoms. The third-order valence-corrected chi connectivity index (χ3v) is 17.1. The molecule has 7 heterocycles. The standard InChI is InChI=1S/C54H69N7O7S2/c1-36(2)33-54(45-12-11-31-69-45,35-67-46-13-9-10-30-66-46)48-42-32-38(43-34-58(8)49(62)47-41(43)22-27-61(47)70(64,65)40-17-14-37(3)15-18-40)16-19-44(42)55-50(56-48)60-25-20-39(21-26-60)59-28-23-53(7,24-29-59)57-51(63)68-52(4,5)6/h11-12,14-19,22,27,31-32,34,36,39,46H,9-10,13,20-21,23-26,28-30,33,35H2,1-8H3,(H,57,63). The van der Waals surface area contributed by atoms with Gasteiger partial charge in [-0.05, 0) is 139 Å². The van der Waals surface area contributed by atoms with Gasteiger partial charge in [0.05, 0.1) is 28.1 Å². The number of carbonyl (C=O) groups excluding carboxylic acids is 1. The van der Waals surface area contributed by atoms with Crippen LogP contribution in [0.4, 0.5) is 10.7 Å². The van der Waals surface area contributed by atoms with Crippen molar-refractivity contribution in [2.45, 2.75) is 134 Å². The molecule has 3 fully saturated rings. The maximum absolute atomic E-state index is 14.1. The van der Waals surface area contributed by atoms with Crippen LogP contribution in [0, 0.1) is 12.8 Å². The van der Waals surface area contributed by atoms with Gasteiger partial charge in [0.1, 0.15) is 11.1 Å². The Hall–Kier alpha value is -5.13. The van der Waals surface area contributed by atoms with Crippen LogP contribution < -0.4 is 15.8 Å². The van der Waals surface area contributed by atoms with Gasteiger partial charge in [0.15, 0.2) is 6.29 Å². The van der Waals surface area contributed by atoms with Crippen LogP contribution in [0.3, 0.4) is 0 Å². The summed E-state index contributed by atoms with van der Waals surface area (Å²) in [6.07, 6.45) is 9.85. The summed E-state index contributed by atoms with van der Waals surface area (Å²) >= 11 is 1.71. The monoisotopic (exact) mass is 991 g/mol. The highest BCUT2D eigenvalue weighted by Gasteiger charge is 2.42. The van der Waals surface area contributed by atoms with Gasteiger partial charge in [0.2, 0.25) is 5.95 Å². The number of alkyl carbamates (subject to hydrolysis) is 1. The molecule has 1 amide bonds. The number of nitrogens with zero attached hydrogens (tertiary/aromatic N) is 6. The molecule has 0 radical (unpaired) electrons. The number of aromatic nitrogens is 4. The predicted octanol–water partition coefficient (Wildman–Crippen LogP) is 9.78. The number of benzene rings is 2. The molecule has 2 unspecified atom stereocenters. The van der Waals surface area contributed by atoms with E-state index in [4.69, 9.17) is 24.2 Å². The fraction of sp³-hybridized carbons (Fsp3) is 0.519. The normalized spacial score (nSPS) is 19.4. The number of thiophene rings is 1. The lowest BCUT2D eigenvalue weighted by atomic mass is 9.75. The van der Waals surface area contributed by atoms with E-state index in [-0.39, 0.29) is 34.3 Å². The van der Waals surface area contributed by atoms with Crippen molar-refractivity contribution < 1.29 is 27.4 Å². The largest absolute Gasteiger partial charge is 0.444 e. The van der Waals surface area contributed by atoms with Crippen molar-refractivity contribution in [2.75, 3.05) is 44.3 Å². The van der Waals surface area contributed by atoms with Gasteiger partial charge in [-0.3, -0.25) is 4.79 Å². The molecule has 16 heteroatoms. The highest BCUT2D eigenvalue weighted by molar-refractivity contribution is 7.90. The maximum Gasteiger partial charge on any atom is 0.408 e. The molecule has 3 aliphatic rings. The number of pyridine rings is 1. The zero-order valence-electron chi connectivity index (χ0n) is 42.0. The molecule has 2 aromatic carbocycles. The van der Waals surface area contributed by atoms with Gasteiger partial charge in [0.25, 0.3) is 15.6 Å². The molecule has 14 nitrogen and oxygen atoms in total. The number of likely N-dealkylation sites (tertiary alicyclic amines) is 1. The lowest BCUT2D eigenvalue weighted by Crippen LogP contribution is -2.57. The van der Waals surface area contributed by atoms with E-state index in [1.165, 1.54) is 10.8 Å². The van der Waals surface area contributed by atoms with Crippen LogP contribution >= 0.6 is 11.3 Å². The molecule has 3 saturated heterocycles. The zero-order valence-corrected chi connectivity index (χ0v) is 43.6. The predicted molar refractivity (Wildman–Crippen MR) is 277 cm³/mol. The number of nitrogens with one attached hydrogen (secondary N) is 1. The number of amides is 1. The average molecular weight is 992 g/mol. The number of rotatable bonds is 13. The van der Waals surface area contributed by atoms with Gasteiger partial charge in [-0.2, -0.15) is 0 Å². The van der Waals surface area contributed by atoms with Crippen LogP contribution in [-0.4, -0.2) is 101 Å². The van der Waals surface area contributed by atoms with E-state index in [1.807, 2.05) is 39.8 Å². The van der Waals surface area contributed by atoms with E-state index >= 15 is 0 Å². The third-order valence-electron chi connectivity index (χ3n) is 14.4. The third kappa shape index (κ3) is 10.3. The number of aryl methyl sites for hydroxylation is 2. The topological polar surface area (TPSA) is 150 Å². The number of hydrogen-bond donors (Lipinski definition) is 1. The van der Waals surface area contributed by atoms with E-state index < -0.39 is 26.6 Å². The highest BCUT2D eigenvalue weighted by Crippen LogP contribution is 2.45. The van der Waals surface area contributed by atoms with E-state index in [2.05, 4.69) is 59.5 Å². The molecule has 0 spiro atoms. The Bertz CT molecular complexity index is 2990. The van der Waals surface area contributed by atoms with Crippen LogP contribution in [-0.2, 0) is 36.7 Å². The average Bonchev–Trinajstić information content (AvgIpc) is 4.04. The zero-order chi connectivity index (χ0) is 49.6. The fourth-order valence-electron chi connectivity index (χ4n) is 10.7. The first-order valence-electron chi connectivity index (χ1n) is 25.0. The SMILES string of the molecule is Cc1ccc(S(=O)(=O)n2ccc3c(-c4ccc5nc(N6CCC(N7CCC(C)(NC(=O)OC(C)(C)C)CC7)CC6)nc(C(COC6CCCCO6)(CC(C)C)c6cccs6)c5c4)cn(C)c(=O)c32)cc1. The Morgan fingerprint density at radius 3 is 2.37 bits per heavy atom. The minimum atomic E-state index is -4.09. The Kier molecular flexibility index (Phi) is 14.1. The molecule has 2 atom stereocenters. The maximum atomic E-state index is 14.1. The second-order valence-corrected chi connectivity index (χ2v) is 24.2. The number of ether oxygens (including phenoxy) is 3. The van der Waals surface area contributed by atoms with Crippen molar-refractivity contribution in [1.29, 1.82) is 0 Å². The lowest BCUT2D eigenvalue weighted by molar-refractivity contribution is -0.170. The number of hydrogen-bond acceptors (Lipinski definition) is 12. The number of fused-ring (bicyclic) bond motifs is 2. The van der Waals surface area contributed by atoms with E-state index in [1.54, 1.807) is 54.9 Å². The summed E-state index contributed by atoms with van der Waals surface area (Å²) in [7, 11) is -2.43.